The molecule has 0 amide bonds. The molecule has 8 bridgehead atoms. The summed E-state index contributed by atoms with van der Waals surface area (Å²) < 4.78 is 53.1. The first-order valence-corrected chi connectivity index (χ1v) is 23.2. The van der Waals surface area contributed by atoms with E-state index in [1.165, 1.54) is 0 Å². The van der Waals surface area contributed by atoms with Crippen molar-refractivity contribution in [2.24, 2.45) is 34.2 Å². The Morgan fingerprint density at radius 3 is 2.37 bits per heavy atom. The minimum absolute atomic E-state index is 0.0614. The average molecular weight is 838 g/mol. The quantitative estimate of drug-likeness (QED) is 0.0457. The molecule has 0 unspecified atom stereocenters. The monoisotopic (exact) mass is 837 g/mol. The van der Waals surface area contributed by atoms with Crippen LogP contribution in [-0.4, -0.2) is 57.8 Å². The van der Waals surface area contributed by atoms with Gasteiger partial charge in [-0.15, -0.1) is 0 Å². The van der Waals surface area contributed by atoms with Crippen molar-refractivity contribution >= 4 is 16.1 Å². The molecule has 2 fully saturated rings. The molecule has 6 aliphatic heterocycles. The Hall–Kier alpha value is -4.38. The molecule has 3 aromatic rings. The number of fused-ring (bicyclic) bond motifs is 7. The third kappa shape index (κ3) is 8.84. The van der Waals surface area contributed by atoms with Crippen LogP contribution < -0.4 is 16.2 Å². The zero-order valence-electron chi connectivity index (χ0n) is 34.4. The fourth-order valence-electron chi connectivity index (χ4n) is 11.0. The average Bonchev–Trinajstić information content (AvgIpc) is 3.35. The van der Waals surface area contributed by atoms with Gasteiger partial charge in [0.05, 0.1) is 17.0 Å². The van der Waals surface area contributed by atoms with Crippen LogP contribution in [0, 0.1) is 29.6 Å². The molecule has 12 heteroatoms. The van der Waals surface area contributed by atoms with Gasteiger partial charge in [0.15, 0.2) is 5.96 Å². The number of guanidine groups is 1. The summed E-state index contributed by atoms with van der Waals surface area (Å²) in [6.45, 7) is 1.97. The number of benzene rings is 3. The lowest BCUT2D eigenvalue weighted by molar-refractivity contribution is -0.0311. The standard InChI is InChI=1S/C48H59N3O8S/c1-2-31-28-43(60(55,56)57)42-27-36-24-35(26-40-23-30(29-52)7-6-8-34-25-38(53)15-18-41(34)45(36)58-40)44(42)33-9-13-37(14-10-33)48(51-46(49)50,59-39-16-11-32(31)12-17-39)22-21-47(54)19-4-3-5-20-47/h9-18,25,27,30-31,35,40,42-45,52-54H,2-5,7,19-24,26,28-29H2,1H3,(H4,49,50,51)(H,55,56,57)/t30-,31+,35+,40-,42-,43-,44+,45-,48-/m1/s1. The number of hydrogen-bond acceptors (Lipinski definition) is 8. The molecule has 0 aromatic heterocycles. The number of nitrogens with zero attached hydrogens (tertiary/aromatic N) is 1. The first-order valence-electron chi connectivity index (χ1n) is 21.7. The van der Waals surface area contributed by atoms with Crippen LogP contribution in [0.2, 0.25) is 0 Å². The number of aliphatic imine (C=N–C) groups is 1. The molecule has 8 aliphatic rings. The van der Waals surface area contributed by atoms with Gasteiger partial charge in [-0.25, -0.2) is 4.99 Å². The topological polar surface area (TPSA) is 198 Å². The van der Waals surface area contributed by atoms with Crippen LogP contribution in [0.5, 0.6) is 11.5 Å². The van der Waals surface area contributed by atoms with Gasteiger partial charge < -0.3 is 36.3 Å². The first kappa shape index (κ1) is 42.3. The number of aliphatic hydroxyl groups excluding tert-OH is 1. The summed E-state index contributed by atoms with van der Waals surface area (Å²) in [5, 5.41) is 31.5. The summed E-state index contributed by atoms with van der Waals surface area (Å²) in [5.74, 6) is 5.46. The highest BCUT2D eigenvalue weighted by molar-refractivity contribution is 7.86. The van der Waals surface area contributed by atoms with E-state index in [0.29, 0.717) is 74.7 Å². The molecule has 60 heavy (non-hydrogen) atoms. The van der Waals surface area contributed by atoms with Gasteiger partial charge in [0, 0.05) is 42.1 Å². The van der Waals surface area contributed by atoms with Crippen molar-refractivity contribution in [2.45, 2.75) is 131 Å². The minimum atomic E-state index is -4.62. The van der Waals surface area contributed by atoms with E-state index >= 15 is 0 Å². The van der Waals surface area contributed by atoms with Crippen molar-refractivity contribution in [3.63, 3.8) is 0 Å². The SMILES string of the molecule is CC[C@H]1C[C@@H](S(=O)(=O)O)[C@H]2C=C3C[C@@H](C[C@H]4C[C@H](CO)CC#Cc5cc(O)ccc5[C@@H]3O4)[C@@H]2c2ccc(cc2)[C@](CCC2(O)CCCCC2)(N=C(N)N)Oc2ccc1cc2. The van der Waals surface area contributed by atoms with Gasteiger partial charge in [0.1, 0.15) is 17.6 Å². The highest BCUT2D eigenvalue weighted by Gasteiger charge is 2.48. The molecule has 11 rings (SSSR count). The Kier molecular flexibility index (Phi) is 12.1. The lowest BCUT2D eigenvalue weighted by Crippen LogP contribution is -2.40. The molecule has 0 radical (unpaired) electrons. The highest BCUT2D eigenvalue weighted by atomic mass is 32.2. The summed E-state index contributed by atoms with van der Waals surface area (Å²) in [5.41, 5.74) is 15.0. The second-order valence-corrected chi connectivity index (χ2v) is 19.7. The number of rotatable bonds is 7. The smallest absolute Gasteiger partial charge is 0.268 e. The second kappa shape index (κ2) is 17.2. The van der Waals surface area contributed by atoms with Gasteiger partial charge in [0.25, 0.3) is 10.1 Å². The van der Waals surface area contributed by atoms with Crippen LogP contribution >= 0.6 is 0 Å². The number of hydrogen-bond donors (Lipinski definition) is 6. The number of nitrogens with two attached hydrogens (primary N) is 2. The lowest BCUT2D eigenvalue weighted by Gasteiger charge is -2.41. The zero-order valence-corrected chi connectivity index (χ0v) is 35.2. The van der Waals surface area contributed by atoms with Crippen LogP contribution in [0.15, 0.2) is 83.4 Å². The van der Waals surface area contributed by atoms with E-state index in [-0.39, 0.29) is 54.5 Å². The van der Waals surface area contributed by atoms with Crippen molar-refractivity contribution in [2.75, 3.05) is 6.61 Å². The molecule has 8 N–H and O–H groups in total. The van der Waals surface area contributed by atoms with E-state index in [0.717, 1.165) is 41.5 Å². The predicted octanol–water partition coefficient (Wildman–Crippen LogP) is 7.46. The number of aromatic hydroxyl groups is 1. The van der Waals surface area contributed by atoms with E-state index in [4.69, 9.17) is 25.9 Å². The van der Waals surface area contributed by atoms with Gasteiger partial charge >= 0.3 is 0 Å². The minimum Gasteiger partial charge on any atom is -0.508 e. The van der Waals surface area contributed by atoms with Crippen LogP contribution in [0.3, 0.4) is 0 Å². The Labute approximate surface area is 354 Å². The molecular formula is C48H59N3O8S. The Balaban J connectivity index is 1.31. The van der Waals surface area contributed by atoms with Gasteiger partial charge in [-0.05, 0) is 116 Å². The highest BCUT2D eigenvalue weighted by Crippen LogP contribution is 2.54. The molecule has 3 aromatic carbocycles. The molecule has 1 saturated heterocycles. The molecule has 2 aliphatic carbocycles. The van der Waals surface area contributed by atoms with Gasteiger partial charge in [-0.3, -0.25) is 4.55 Å². The van der Waals surface area contributed by atoms with Crippen molar-refractivity contribution in [1.29, 1.82) is 0 Å². The Morgan fingerprint density at radius 1 is 0.950 bits per heavy atom. The van der Waals surface area contributed by atoms with E-state index < -0.39 is 38.7 Å². The number of allylic oxidation sites excluding steroid dienone is 1. The van der Waals surface area contributed by atoms with Gasteiger partial charge in [-0.2, -0.15) is 8.42 Å². The maximum atomic E-state index is 13.9. The van der Waals surface area contributed by atoms with Crippen LogP contribution in [-0.2, 0) is 20.6 Å². The van der Waals surface area contributed by atoms with E-state index in [2.05, 4.69) is 11.8 Å². The summed E-state index contributed by atoms with van der Waals surface area (Å²) in [6.07, 6.45) is 9.30. The van der Waals surface area contributed by atoms with E-state index in [1.54, 1.807) is 12.1 Å². The molecule has 9 atom stereocenters. The summed E-state index contributed by atoms with van der Waals surface area (Å²) in [4.78, 5) is 4.80. The maximum absolute atomic E-state index is 13.9. The van der Waals surface area contributed by atoms with E-state index in [1.807, 2.05) is 67.6 Å². The maximum Gasteiger partial charge on any atom is 0.268 e. The number of phenols is 1. The molecule has 11 nitrogen and oxygen atoms in total. The van der Waals surface area contributed by atoms with Crippen molar-refractivity contribution in [3.8, 4) is 23.3 Å². The third-order valence-corrected chi connectivity index (χ3v) is 15.3. The molecular weight excluding hydrogens is 779 g/mol. The molecule has 320 valence electrons. The van der Waals surface area contributed by atoms with Crippen molar-refractivity contribution in [1.82, 2.24) is 0 Å². The van der Waals surface area contributed by atoms with Crippen molar-refractivity contribution in [3.05, 3.63) is 106 Å². The predicted molar refractivity (Wildman–Crippen MR) is 231 cm³/mol. The molecule has 0 spiro atoms. The van der Waals surface area contributed by atoms with Gasteiger partial charge in [-0.1, -0.05) is 86.6 Å². The normalized spacial score (nSPS) is 31.0. The largest absolute Gasteiger partial charge is 0.508 e. The number of phenolic OH excluding ortho intramolecular Hbond substituents is 1. The van der Waals surface area contributed by atoms with Crippen molar-refractivity contribution < 1.29 is 37.8 Å². The lowest BCUT2D eigenvalue weighted by atomic mass is 9.65. The number of aliphatic hydroxyl groups is 2. The van der Waals surface area contributed by atoms with Crippen LogP contribution in [0.25, 0.3) is 0 Å². The first-order chi connectivity index (χ1) is 28.8. The summed E-state index contributed by atoms with van der Waals surface area (Å²) >= 11 is 0. The third-order valence-electron chi connectivity index (χ3n) is 14.1. The fraction of sp³-hybridized carbons (Fsp3) is 0.521. The second-order valence-electron chi connectivity index (χ2n) is 18.0. The zero-order chi connectivity index (χ0) is 42.2. The molecule has 6 heterocycles. The summed E-state index contributed by atoms with van der Waals surface area (Å²) in [6, 6.07) is 20.6. The fourth-order valence-corrected chi connectivity index (χ4v) is 12.1. The van der Waals surface area contributed by atoms with Crippen LogP contribution in [0.4, 0.5) is 0 Å². The van der Waals surface area contributed by atoms with E-state index in [9.17, 15) is 28.3 Å². The molecule has 1 saturated carbocycles. The Bertz CT molecular complexity index is 2260. The summed E-state index contributed by atoms with van der Waals surface area (Å²) in [7, 11) is -4.62. The van der Waals surface area contributed by atoms with Gasteiger partial charge in [0.2, 0.25) is 5.72 Å². The Morgan fingerprint density at radius 2 is 1.68 bits per heavy atom. The van der Waals surface area contributed by atoms with Crippen LogP contribution in [0.1, 0.15) is 136 Å². The number of ether oxygens (including phenoxy) is 2.